The third-order valence-corrected chi connectivity index (χ3v) is 5.61. The lowest BCUT2D eigenvalue weighted by Crippen LogP contribution is -2.54. The number of nitrogens with zero attached hydrogens (tertiary/aromatic N) is 4. The highest BCUT2D eigenvalue weighted by Crippen LogP contribution is 2.22. The predicted molar refractivity (Wildman–Crippen MR) is 121 cm³/mol. The van der Waals surface area contributed by atoms with Gasteiger partial charge in [0, 0.05) is 49.4 Å². The van der Waals surface area contributed by atoms with E-state index in [1.165, 1.54) is 0 Å². The quantitative estimate of drug-likeness (QED) is 0.643. The van der Waals surface area contributed by atoms with Crippen LogP contribution < -0.4 is 10.2 Å². The molecule has 1 aliphatic heterocycles. The molecule has 0 spiro atoms. The van der Waals surface area contributed by atoms with Crippen molar-refractivity contribution >= 4 is 17.5 Å². The molecule has 0 saturated carbocycles. The fourth-order valence-corrected chi connectivity index (χ4v) is 3.73. The van der Waals surface area contributed by atoms with Gasteiger partial charge in [0.25, 0.3) is 5.91 Å². The normalized spacial score (nSPS) is 14.8. The van der Waals surface area contributed by atoms with E-state index in [1.54, 1.807) is 31.2 Å². The van der Waals surface area contributed by atoms with Gasteiger partial charge < -0.3 is 19.6 Å². The number of carbonyl (C=O) groups excluding carboxylic acids is 2. The Hall–Kier alpha value is -3.68. The summed E-state index contributed by atoms with van der Waals surface area (Å²) in [5.41, 5.74) is 2.55. The largest absolute Gasteiger partial charge is 0.368 e. The molecule has 2 heterocycles. The van der Waals surface area contributed by atoms with Crippen LogP contribution in [0, 0.1) is 0 Å². The molecule has 0 unspecified atom stereocenters. The lowest BCUT2D eigenvalue weighted by atomic mass is 10.1. The van der Waals surface area contributed by atoms with Crippen LogP contribution in [0.1, 0.15) is 30.1 Å². The number of benzene rings is 2. The van der Waals surface area contributed by atoms with Crippen LogP contribution >= 0.6 is 0 Å². The summed E-state index contributed by atoms with van der Waals surface area (Å²) in [4.78, 5) is 33.5. The number of rotatable bonds is 6. The Bertz CT molecular complexity index is 1060. The molecule has 4 rings (SSSR count). The highest BCUT2D eigenvalue weighted by molar-refractivity contribution is 5.97. The molecular weight excluding hydrogens is 406 g/mol. The molecule has 0 aliphatic carbocycles. The van der Waals surface area contributed by atoms with E-state index < -0.39 is 6.04 Å². The summed E-state index contributed by atoms with van der Waals surface area (Å²) >= 11 is 0. The summed E-state index contributed by atoms with van der Waals surface area (Å²) in [6, 6.07) is 16.4. The lowest BCUT2D eigenvalue weighted by Gasteiger charge is -2.37. The van der Waals surface area contributed by atoms with Gasteiger partial charge in [-0.25, -0.2) is 0 Å². The fourth-order valence-electron chi connectivity index (χ4n) is 3.73. The average Bonchev–Trinajstić information content (AvgIpc) is 3.34. The molecule has 1 saturated heterocycles. The van der Waals surface area contributed by atoms with Gasteiger partial charge >= 0.3 is 0 Å². The molecule has 2 amide bonds. The number of anilines is 1. The van der Waals surface area contributed by atoms with E-state index in [1.807, 2.05) is 42.2 Å². The summed E-state index contributed by atoms with van der Waals surface area (Å²) < 4.78 is 5.18. The second kappa shape index (κ2) is 9.64. The molecule has 1 aliphatic rings. The number of hydrogen-bond donors (Lipinski definition) is 1. The van der Waals surface area contributed by atoms with Crippen molar-refractivity contribution in [1.82, 2.24) is 20.4 Å². The Morgan fingerprint density at radius 1 is 1.03 bits per heavy atom. The second-order valence-electron chi connectivity index (χ2n) is 7.79. The monoisotopic (exact) mass is 433 g/mol. The number of aromatic nitrogens is 2. The van der Waals surface area contributed by atoms with Crippen molar-refractivity contribution in [2.75, 3.05) is 31.1 Å². The van der Waals surface area contributed by atoms with Gasteiger partial charge in [-0.2, -0.15) is 4.98 Å². The van der Waals surface area contributed by atoms with E-state index in [0.717, 1.165) is 24.3 Å². The third-order valence-electron chi connectivity index (χ3n) is 5.61. The van der Waals surface area contributed by atoms with Crippen molar-refractivity contribution in [3.05, 3.63) is 66.1 Å². The Morgan fingerprint density at radius 3 is 2.34 bits per heavy atom. The van der Waals surface area contributed by atoms with Crippen molar-refractivity contribution < 1.29 is 14.1 Å². The zero-order chi connectivity index (χ0) is 22.5. The summed E-state index contributed by atoms with van der Waals surface area (Å²) in [6.07, 6.45) is 0.711. The van der Waals surface area contributed by atoms with Crippen molar-refractivity contribution in [1.29, 1.82) is 0 Å². The minimum absolute atomic E-state index is 0.0619. The molecule has 1 N–H and O–H groups in total. The van der Waals surface area contributed by atoms with Gasteiger partial charge in [0.05, 0.1) is 0 Å². The number of nitrogens with one attached hydrogen (secondary N) is 1. The minimum Gasteiger partial charge on any atom is -0.368 e. The van der Waals surface area contributed by atoms with E-state index in [-0.39, 0.29) is 11.8 Å². The van der Waals surface area contributed by atoms with E-state index in [4.69, 9.17) is 4.52 Å². The summed E-state index contributed by atoms with van der Waals surface area (Å²) in [7, 11) is 0. The van der Waals surface area contributed by atoms with Crippen LogP contribution in [0.5, 0.6) is 0 Å². The van der Waals surface area contributed by atoms with Crippen LogP contribution in [0.15, 0.2) is 59.1 Å². The van der Waals surface area contributed by atoms with Crippen molar-refractivity contribution in [3.63, 3.8) is 0 Å². The van der Waals surface area contributed by atoms with Gasteiger partial charge in [-0.1, -0.05) is 30.3 Å². The van der Waals surface area contributed by atoms with Gasteiger partial charge in [0.2, 0.25) is 17.6 Å². The molecular formula is C24H27N5O3. The predicted octanol–water partition coefficient (Wildman–Crippen LogP) is 2.77. The first-order valence-electron chi connectivity index (χ1n) is 10.9. The third kappa shape index (κ3) is 4.80. The Morgan fingerprint density at radius 2 is 1.72 bits per heavy atom. The standard InChI is InChI=1S/C24H27N5O3/c1-3-21-26-22(27-32-21)18-9-11-20(12-10-18)28-13-15-29(16-14-28)24(31)17(2)25-23(30)19-7-5-4-6-8-19/h4-12,17H,3,13-16H2,1-2H3,(H,25,30)/t17-/m1/s1. The van der Waals surface area contributed by atoms with Crippen LogP contribution in [0.3, 0.4) is 0 Å². The van der Waals surface area contributed by atoms with E-state index in [2.05, 4.69) is 20.4 Å². The van der Waals surface area contributed by atoms with E-state index in [9.17, 15) is 9.59 Å². The lowest BCUT2D eigenvalue weighted by molar-refractivity contribution is -0.133. The Labute approximate surface area is 187 Å². The molecule has 1 aromatic heterocycles. The van der Waals surface area contributed by atoms with Crippen molar-refractivity contribution in [2.24, 2.45) is 0 Å². The van der Waals surface area contributed by atoms with Crippen LogP contribution in [0.2, 0.25) is 0 Å². The number of carbonyl (C=O) groups is 2. The summed E-state index contributed by atoms with van der Waals surface area (Å²) in [6.45, 7) is 6.38. The van der Waals surface area contributed by atoms with Gasteiger partial charge in [-0.05, 0) is 43.3 Å². The first-order chi connectivity index (χ1) is 15.5. The molecule has 1 atom stereocenters. The number of piperazine rings is 1. The van der Waals surface area contributed by atoms with E-state index >= 15 is 0 Å². The Balaban J connectivity index is 1.30. The summed E-state index contributed by atoms with van der Waals surface area (Å²) in [5.74, 6) is 0.917. The van der Waals surface area contributed by atoms with Crippen LogP contribution in [-0.2, 0) is 11.2 Å². The molecule has 3 aromatic rings. The van der Waals surface area contributed by atoms with Gasteiger partial charge in [0.15, 0.2) is 0 Å². The molecule has 8 heteroatoms. The summed E-state index contributed by atoms with van der Waals surface area (Å²) in [5, 5.41) is 6.81. The van der Waals surface area contributed by atoms with Crippen molar-refractivity contribution in [2.45, 2.75) is 26.3 Å². The fraction of sp³-hybridized carbons (Fsp3) is 0.333. The maximum absolute atomic E-state index is 12.8. The molecule has 166 valence electrons. The van der Waals surface area contributed by atoms with Gasteiger partial charge in [0.1, 0.15) is 6.04 Å². The topological polar surface area (TPSA) is 91.6 Å². The van der Waals surface area contributed by atoms with Gasteiger partial charge in [-0.3, -0.25) is 9.59 Å². The molecule has 0 bridgehead atoms. The number of hydrogen-bond acceptors (Lipinski definition) is 6. The smallest absolute Gasteiger partial charge is 0.251 e. The van der Waals surface area contributed by atoms with Crippen molar-refractivity contribution in [3.8, 4) is 11.4 Å². The van der Waals surface area contributed by atoms with Crippen LogP contribution in [-0.4, -0.2) is 59.1 Å². The highest BCUT2D eigenvalue weighted by atomic mass is 16.5. The maximum Gasteiger partial charge on any atom is 0.251 e. The zero-order valence-electron chi connectivity index (χ0n) is 18.3. The number of amides is 2. The van der Waals surface area contributed by atoms with E-state index in [0.29, 0.717) is 36.8 Å². The molecule has 0 radical (unpaired) electrons. The zero-order valence-corrected chi connectivity index (χ0v) is 18.3. The first-order valence-corrected chi connectivity index (χ1v) is 10.9. The van der Waals surface area contributed by atoms with Crippen LogP contribution in [0.4, 0.5) is 5.69 Å². The average molecular weight is 434 g/mol. The van der Waals surface area contributed by atoms with Gasteiger partial charge in [-0.15, -0.1) is 0 Å². The Kier molecular flexibility index (Phi) is 6.49. The second-order valence-corrected chi connectivity index (χ2v) is 7.79. The molecule has 2 aromatic carbocycles. The first kappa shape index (κ1) is 21.5. The molecule has 32 heavy (non-hydrogen) atoms. The number of aryl methyl sites for hydroxylation is 1. The molecule has 1 fully saturated rings. The minimum atomic E-state index is -0.573. The van der Waals surface area contributed by atoms with Crippen LogP contribution in [0.25, 0.3) is 11.4 Å². The highest BCUT2D eigenvalue weighted by Gasteiger charge is 2.26. The SMILES string of the molecule is CCc1nc(-c2ccc(N3CCN(C(=O)[C@@H](C)NC(=O)c4ccccc4)CC3)cc2)no1. The molecule has 8 nitrogen and oxygen atoms in total. The maximum atomic E-state index is 12.8.